The zero-order valence-electron chi connectivity index (χ0n) is 47.2. The Morgan fingerprint density at radius 1 is 0.415 bits per heavy atom. The Balaban J connectivity index is 1.02. The maximum absolute atomic E-state index is 13.3. The number of phenolic OH excluding ortho intramolecular Hbond substituents is 4. The maximum Gasteiger partial charge on any atom is 0.297 e. The number of rotatable bonds is 20. The standard InChI is InChI=1S/C56H42N12O21S5/c1-57-38-12-9-34-33(8-13-40(53(34)72)61-65-45-23-36-27(20-48(45)92(81,82)83)7-11-39(54(36)73)60-59-30-5-3-2-4-6-30)51(38)67-62-41-14-10-35-37(56(41)94(87,88)89)24-49(93(84,85)86)52(55(35)74)68-63-42-25-43(58-15-16-69)44(19-29(42)26-70)64-66-46-21-31(90(75,76)77)17-28-18-32(91(78,79)80)22-47(71)50(28)46/h2-14,16-25,57-58,70-74H,15,26H2,1H3,(H,75,76,77)(H,78,79,80)(H,81,82,83)(H,84,85,86)(H,87,88,89). The molecule has 10 aromatic carbocycles. The second-order valence-electron chi connectivity index (χ2n) is 19.7. The normalized spacial score (nSPS) is 12.9. The highest BCUT2D eigenvalue weighted by Crippen LogP contribution is 2.49. The zero-order chi connectivity index (χ0) is 68.0. The fourth-order valence-electron chi connectivity index (χ4n) is 9.49. The summed E-state index contributed by atoms with van der Waals surface area (Å²) in [6.45, 7) is -1.40. The smallest absolute Gasteiger partial charge is 0.297 e. The predicted octanol–water partition coefficient (Wildman–Crippen LogP) is 12.6. The van der Waals surface area contributed by atoms with Gasteiger partial charge in [-0.15, -0.1) is 46.0 Å². The molecule has 0 aromatic heterocycles. The monoisotopic (exact) mass is 1380 g/mol. The molecule has 12 N–H and O–H groups in total. The van der Waals surface area contributed by atoms with Crippen molar-refractivity contribution >= 4 is 168 Å². The Kier molecular flexibility index (Phi) is 17.9. The summed E-state index contributed by atoms with van der Waals surface area (Å²) in [6, 6.07) is 26.2. The van der Waals surface area contributed by atoms with Crippen molar-refractivity contribution in [3.8, 4) is 23.0 Å². The average Bonchev–Trinajstić information content (AvgIpc) is 0.759. The summed E-state index contributed by atoms with van der Waals surface area (Å²) in [4.78, 5) is 6.59. The molecule has 38 heteroatoms. The molecule has 33 nitrogen and oxygen atoms in total. The van der Waals surface area contributed by atoms with Gasteiger partial charge in [-0.05, 0) is 114 Å². The Labute approximate surface area is 529 Å². The van der Waals surface area contributed by atoms with Crippen LogP contribution >= 0.6 is 0 Å². The van der Waals surface area contributed by atoms with Gasteiger partial charge < -0.3 is 41.0 Å². The number of hydrogen-bond donors (Lipinski definition) is 12. The van der Waals surface area contributed by atoms with Gasteiger partial charge >= 0.3 is 0 Å². The molecular formula is C56H42N12O21S5. The molecule has 0 radical (unpaired) electrons. The molecule has 0 aliphatic heterocycles. The van der Waals surface area contributed by atoms with E-state index in [-0.39, 0.29) is 77.7 Å². The molecule has 0 saturated carbocycles. The lowest BCUT2D eigenvalue weighted by atomic mass is 10.1. The summed E-state index contributed by atoms with van der Waals surface area (Å²) in [5.41, 5.74) is -3.57. The first-order chi connectivity index (χ1) is 44.3. The number of aldehydes is 1. The van der Waals surface area contributed by atoms with Crippen molar-refractivity contribution < 1.29 is 95.2 Å². The summed E-state index contributed by atoms with van der Waals surface area (Å²) < 4.78 is 177. The lowest BCUT2D eigenvalue weighted by Gasteiger charge is -2.13. The molecule has 0 amide bonds. The number of aromatic hydroxyl groups is 4. The number of aliphatic hydroxyl groups excluding tert-OH is 1. The molecule has 0 bridgehead atoms. The van der Waals surface area contributed by atoms with Crippen molar-refractivity contribution in [2.24, 2.45) is 51.1 Å². The number of fused-ring (bicyclic) bond motifs is 4. The van der Waals surface area contributed by atoms with Crippen molar-refractivity contribution in [2.75, 3.05) is 24.2 Å². The predicted molar refractivity (Wildman–Crippen MR) is 335 cm³/mol. The highest BCUT2D eigenvalue weighted by atomic mass is 32.2. The van der Waals surface area contributed by atoms with Gasteiger partial charge in [0.15, 0.2) is 17.2 Å². The lowest BCUT2D eigenvalue weighted by molar-refractivity contribution is -0.106. The number of nitrogens with zero attached hydrogens (tertiary/aromatic N) is 10. The lowest BCUT2D eigenvalue weighted by Crippen LogP contribution is -2.03. The van der Waals surface area contributed by atoms with Crippen molar-refractivity contribution in [2.45, 2.75) is 31.1 Å². The summed E-state index contributed by atoms with van der Waals surface area (Å²) in [5, 5.41) is 99.8. The van der Waals surface area contributed by atoms with Gasteiger partial charge in [-0.1, -0.05) is 24.3 Å². The number of phenols is 4. The fraction of sp³-hybridized carbons (Fsp3) is 0.0536. The Morgan fingerprint density at radius 3 is 1.61 bits per heavy atom. The first-order valence-corrected chi connectivity index (χ1v) is 33.3. The number of aliphatic hydroxyl groups is 1. The van der Waals surface area contributed by atoms with Crippen molar-refractivity contribution in [3.63, 3.8) is 0 Å². The van der Waals surface area contributed by atoms with Crippen molar-refractivity contribution in [1.29, 1.82) is 0 Å². The molecule has 0 unspecified atom stereocenters. The van der Waals surface area contributed by atoms with Gasteiger partial charge in [0.1, 0.15) is 66.5 Å². The molecule has 482 valence electrons. The van der Waals surface area contributed by atoms with Crippen LogP contribution in [0.2, 0.25) is 0 Å². The van der Waals surface area contributed by atoms with Gasteiger partial charge in [0.2, 0.25) is 0 Å². The summed E-state index contributed by atoms with van der Waals surface area (Å²) in [6.07, 6.45) is 0.382. The number of carbonyl (C=O) groups excluding carboxylic acids is 1. The van der Waals surface area contributed by atoms with E-state index in [0.717, 1.165) is 54.6 Å². The molecule has 10 rings (SSSR count). The van der Waals surface area contributed by atoms with Crippen LogP contribution in [0.4, 0.5) is 68.2 Å². The highest BCUT2D eigenvalue weighted by Gasteiger charge is 2.29. The van der Waals surface area contributed by atoms with Crippen molar-refractivity contribution in [3.05, 3.63) is 139 Å². The van der Waals surface area contributed by atoms with E-state index in [2.05, 4.69) is 61.8 Å². The maximum atomic E-state index is 13.3. The van der Waals surface area contributed by atoms with E-state index in [9.17, 15) is 95.2 Å². The molecular weight excluding hydrogens is 1340 g/mol. The Hall–Kier alpha value is -10.8. The minimum Gasteiger partial charge on any atom is -0.507 e. The van der Waals surface area contributed by atoms with Crippen molar-refractivity contribution in [1.82, 2.24) is 0 Å². The third-order valence-electron chi connectivity index (χ3n) is 13.8. The van der Waals surface area contributed by atoms with E-state index in [0.29, 0.717) is 24.1 Å². The number of carbonyl (C=O) groups is 1. The van der Waals surface area contributed by atoms with E-state index in [1.165, 1.54) is 43.4 Å². The first kappa shape index (κ1) is 66.2. The zero-order valence-corrected chi connectivity index (χ0v) is 51.3. The third kappa shape index (κ3) is 13.6. The number of hydrogen-bond acceptors (Lipinski definition) is 28. The van der Waals surface area contributed by atoms with E-state index in [1.54, 1.807) is 30.3 Å². The van der Waals surface area contributed by atoms with E-state index < -0.39 is 145 Å². The minimum atomic E-state index is -5.58. The van der Waals surface area contributed by atoms with Gasteiger partial charge in [-0.3, -0.25) is 22.8 Å². The summed E-state index contributed by atoms with van der Waals surface area (Å²) in [5.74, 6) is -3.05. The van der Waals surface area contributed by atoms with Crippen LogP contribution in [0.25, 0.3) is 43.1 Å². The number of benzene rings is 10. The van der Waals surface area contributed by atoms with Crippen LogP contribution in [0.5, 0.6) is 23.0 Å². The molecule has 10 aromatic rings. The second kappa shape index (κ2) is 25.4. The van der Waals surface area contributed by atoms with Gasteiger partial charge in [0, 0.05) is 45.6 Å². The molecule has 0 saturated heterocycles. The van der Waals surface area contributed by atoms with E-state index in [1.807, 2.05) is 0 Å². The topological polar surface area (TPSA) is 538 Å². The molecule has 94 heavy (non-hydrogen) atoms. The molecule has 0 aliphatic rings. The van der Waals surface area contributed by atoms with Crippen LogP contribution in [-0.4, -0.2) is 110 Å². The Bertz CT molecular complexity index is 5640. The highest BCUT2D eigenvalue weighted by molar-refractivity contribution is 7.87. The van der Waals surface area contributed by atoms with Gasteiger partial charge in [0.05, 0.1) is 56.8 Å². The molecule has 0 atom stereocenters. The second-order valence-corrected chi connectivity index (χ2v) is 26.7. The van der Waals surface area contributed by atoms with Crippen LogP contribution in [0.15, 0.2) is 209 Å². The van der Waals surface area contributed by atoms with Crippen LogP contribution in [0.3, 0.4) is 0 Å². The quantitative estimate of drug-likeness (QED) is 0.0191. The van der Waals surface area contributed by atoms with Crippen LogP contribution in [0, 0.1) is 0 Å². The molecule has 0 fully saturated rings. The third-order valence-corrected chi connectivity index (χ3v) is 18.1. The first-order valence-electron chi connectivity index (χ1n) is 26.1. The fourth-order valence-corrected chi connectivity index (χ4v) is 12.7. The van der Waals surface area contributed by atoms with Gasteiger partial charge in [-0.25, -0.2) is 0 Å². The largest absolute Gasteiger partial charge is 0.507 e. The number of anilines is 2. The van der Waals surface area contributed by atoms with E-state index in [4.69, 9.17) is 0 Å². The van der Waals surface area contributed by atoms with Gasteiger partial charge in [0.25, 0.3) is 50.6 Å². The number of nitrogens with one attached hydrogen (secondary N) is 2. The average molecular weight is 1380 g/mol. The molecule has 0 heterocycles. The SMILES string of the molecule is CNc1ccc2c(O)c(N=Nc3cc4c(O)c(N=Nc5ccccc5)ccc4cc3S(=O)(=O)O)ccc2c1N=Nc1ccc2c(O)c(N=Nc3cc(NCC=O)c(N=Nc4cc(S(=O)(=O)O)cc5cc(S(=O)(=O)O)cc(O)c45)cc3CO)c(S(=O)(=O)O)cc2c1S(=O)(=O)O. The minimum absolute atomic E-state index is 0.00712. The molecule has 0 aliphatic carbocycles. The van der Waals surface area contributed by atoms with E-state index >= 15 is 0 Å². The number of azo groups is 5. The summed E-state index contributed by atoms with van der Waals surface area (Å²) >= 11 is 0. The van der Waals surface area contributed by atoms with Crippen LogP contribution in [-0.2, 0) is 62.0 Å². The Morgan fingerprint density at radius 2 is 0.968 bits per heavy atom. The van der Waals surface area contributed by atoms with Crippen LogP contribution < -0.4 is 10.6 Å². The summed E-state index contributed by atoms with van der Waals surface area (Å²) in [7, 11) is -24.7. The van der Waals surface area contributed by atoms with Crippen LogP contribution in [0.1, 0.15) is 5.56 Å². The molecule has 0 spiro atoms. The van der Waals surface area contributed by atoms with Gasteiger partial charge in [-0.2, -0.15) is 47.2 Å².